The van der Waals surface area contributed by atoms with E-state index in [2.05, 4.69) is 50.4 Å². The molecule has 1 fully saturated rings. The summed E-state index contributed by atoms with van der Waals surface area (Å²) in [4.78, 5) is 14.2. The van der Waals surface area contributed by atoms with Gasteiger partial charge in [0.25, 0.3) is 0 Å². The van der Waals surface area contributed by atoms with Crippen LogP contribution in [0.2, 0.25) is 0 Å². The third-order valence-electron chi connectivity index (χ3n) is 3.88. The van der Waals surface area contributed by atoms with Crippen LogP contribution in [0, 0.1) is 5.41 Å². The number of aliphatic hydroxyl groups excluding tert-OH is 1. The van der Waals surface area contributed by atoms with Crippen LogP contribution in [-0.4, -0.2) is 54.9 Å². The van der Waals surface area contributed by atoms with E-state index in [1.165, 1.54) is 0 Å². The lowest BCUT2D eigenvalue weighted by Crippen LogP contribution is -2.48. The van der Waals surface area contributed by atoms with Gasteiger partial charge < -0.3 is 20.6 Å². The number of hydrogen-bond acceptors (Lipinski definition) is 3. The Morgan fingerprint density at radius 3 is 2.45 bits per heavy atom. The molecule has 5 heteroatoms. The molecule has 3 unspecified atom stereocenters. The van der Waals surface area contributed by atoms with Gasteiger partial charge in [-0.15, -0.1) is 0 Å². The zero-order valence-corrected chi connectivity index (χ0v) is 13.6. The molecule has 1 saturated carbocycles. The summed E-state index contributed by atoms with van der Waals surface area (Å²) in [6.07, 6.45) is 3.92. The normalized spacial score (nSPS) is 24.8. The van der Waals surface area contributed by atoms with Crippen molar-refractivity contribution >= 4 is 6.03 Å². The lowest BCUT2D eigenvalue weighted by atomic mass is 9.88. The van der Waals surface area contributed by atoms with Gasteiger partial charge in [-0.05, 0) is 45.2 Å². The number of carbonyl (C=O) groups is 1. The molecule has 0 saturated heterocycles. The number of urea groups is 1. The van der Waals surface area contributed by atoms with Crippen molar-refractivity contribution in [2.75, 3.05) is 20.7 Å². The third-order valence-corrected chi connectivity index (χ3v) is 3.88. The van der Waals surface area contributed by atoms with Gasteiger partial charge in [-0.2, -0.15) is 0 Å². The number of nitrogens with one attached hydrogen (secondary N) is 2. The Bertz CT molecular complexity index is 313. The van der Waals surface area contributed by atoms with Crippen LogP contribution < -0.4 is 10.6 Å². The number of aliphatic hydroxyl groups is 1. The number of hydrogen-bond donors (Lipinski definition) is 3. The Labute approximate surface area is 123 Å². The first-order chi connectivity index (χ1) is 9.21. The van der Waals surface area contributed by atoms with Crippen LogP contribution in [0.15, 0.2) is 0 Å². The average Bonchev–Trinajstić information content (AvgIpc) is 2.74. The van der Waals surface area contributed by atoms with Crippen molar-refractivity contribution in [1.82, 2.24) is 15.5 Å². The van der Waals surface area contributed by atoms with Gasteiger partial charge in [-0.3, -0.25) is 0 Å². The standard InChI is InChI=1S/C15H31N3O2/c1-15(2,3)9-12(10-19)17-14(20)16-11-6-7-13(8-11)18(4)5/h11-13,19H,6-10H2,1-5H3,(H2,16,17,20). The number of amides is 2. The first kappa shape index (κ1) is 17.2. The van der Waals surface area contributed by atoms with Gasteiger partial charge >= 0.3 is 6.03 Å². The van der Waals surface area contributed by atoms with Crippen molar-refractivity contribution in [1.29, 1.82) is 0 Å². The van der Waals surface area contributed by atoms with E-state index in [1.807, 2.05) is 0 Å². The zero-order valence-electron chi connectivity index (χ0n) is 13.6. The molecule has 1 aliphatic carbocycles. The predicted octanol–water partition coefficient (Wildman–Crippen LogP) is 1.57. The first-order valence-corrected chi connectivity index (χ1v) is 7.55. The van der Waals surface area contributed by atoms with E-state index >= 15 is 0 Å². The summed E-state index contributed by atoms with van der Waals surface area (Å²) in [6, 6.07) is 0.471. The largest absolute Gasteiger partial charge is 0.394 e. The Hall–Kier alpha value is -0.810. The van der Waals surface area contributed by atoms with Crippen molar-refractivity contribution in [3.8, 4) is 0 Å². The summed E-state index contributed by atoms with van der Waals surface area (Å²) in [6.45, 7) is 6.30. The van der Waals surface area contributed by atoms with E-state index < -0.39 is 0 Å². The van der Waals surface area contributed by atoms with Crippen LogP contribution in [-0.2, 0) is 0 Å². The molecule has 1 aliphatic rings. The van der Waals surface area contributed by atoms with Crippen LogP contribution in [0.3, 0.4) is 0 Å². The topological polar surface area (TPSA) is 64.6 Å². The minimum atomic E-state index is -0.180. The van der Waals surface area contributed by atoms with Crippen LogP contribution in [0.1, 0.15) is 46.5 Å². The van der Waals surface area contributed by atoms with Gasteiger partial charge in [0.1, 0.15) is 0 Å². The lowest BCUT2D eigenvalue weighted by Gasteiger charge is -2.26. The van der Waals surface area contributed by atoms with Crippen molar-refractivity contribution in [3.05, 3.63) is 0 Å². The molecular weight excluding hydrogens is 254 g/mol. The van der Waals surface area contributed by atoms with Gasteiger partial charge in [-0.25, -0.2) is 4.79 Å². The Balaban J connectivity index is 2.36. The minimum absolute atomic E-state index is 0.0182. The molecule has 1 rings (SSSR count). The summed E-state index contributed by atoms with van der Waals surface area (Å²) in [5, 5.41) is 15.3. The predicted molar refractivity (Wildman–Crippen MR) is 81.7 cm³/mol. The molecule has 0 aliphatic heterocycles. The summed E-state index contributed by atoms with van der Waals surface area (Å²) < 4.78 is 0. The molecule has 3 atom stereocenters. The van der Waals surface area contributed by atoms with E-state index in [4.69, 9.17) is 0 Å². The maximum absolute atomic E-state index is 12.0. The Morgan fingerprint density at radius 2 is 2.00 bits per heavy atom. The van der Waals surface area contributed by atoms with Crippen molar-refractivity contribution in [3.63, 3.8) is 0 Å². The van der Waals surface area contributed by atoms with Gasteiger partial charge in [0, 0.05) is 12.1 Å². The van der Waals surface area contributed by atoms with Crippen molar-refractivity contribution < 1.29 is 9.90 Å². The van der Waals surface area contributed by atoms with E-state index in [0.717, 1.165) is 25.7 Å². The smallest absolute Gasteiger partial charge is 0.315 e. The van der Waals surface area contributed by atoms with Crippen LogP contribution >= 0.6 is 0 Å². The highest BCUT2D eigenvalue weighted by molar-refractivity contribution is 5.74. The van der Waals surface area contributed by atoms with E-state index in [-0.39, 0.29) is 30.1 Å². The highest BCUT2D eigenvalue weighted by atomic mass is 16.3. The maximum atomic E-state index is 12.0. The molecule has 0 aromatic carbocycles. The van der Waals surface area contributed by atoms with Crippen molar-refractivity contribution in [2.24, 2.45) is 5.41 Å². The Morgan fingerprint density at radius 1 is 1.35 bits per heavy atom. The maximum Gasteiger partial charge on any atom is 0.315 e. The average molecular weight is 285 g/mol. The quantitative estimate of drug-likeness (QED) is 0.718. The van der Waals surface area contributed by atoms with E-state index in [9.17, 15) is 9.90 Å². The van der Waals surface area contributed by atoms with E-state index in [0.29, 0.717) is 6.04 Å². The Kier molecular flexibility index (Phi) is 6.27. The molecule has 20 heavy (non-hydrogen) atoms. The zero-order chi connectivity index (χ0) is 15.3. The second kappa shape index (κ2) is 7.27. The molecule has 0 heterocycles. The fourth-order valence-corrected chi connectivity index (χ4v) is 2.87. The molecule has 0 bridgehead atoms. The highest BCUT2D eigenvalue weighted by Gasteiger charge is 2.28. The molecule has 0 aromatic heterocycles. The minimum Gasteiger partial charge on any atom is -0.394 e. The van der Waals surface area contributed by atoms with Gasteiger partial charge in [-0.1, -0.05) is 20.8 Å². The van der Waals surface area contributed by atoms with Gasteiger partial charge in [0.05, 0.1) is 12.6 Å². The first-order valence-electron chi connectivity index (χ1n) is 7.55. The summed E-state index contributed by atoms with van der Waals surface area (Å²) >= 11 is 0. The SMILES string of the molecule is CN(C)C1CCC(NC(=O)NC(CO)CC(C)(C)C)C1. The lowest BCUT2D eigenvalue weighted by molar-refractivity contribution is 0.189. The summed E-state index contributed by atoms with van der Waals surface area (Å²) in [5.41, 5.74) is 0.0874. The second-order valence-electron chi connectivity index (χ2n) is 7.39. The molecule has 0 radical (unpaired) electrons. The van der Waals surface area contributed by atoms with Gasteiger partial charge in [0.15, 0.2) is 0 Å². The fourth-order valence-electron chi connectivity index (χ4n) is 2.87. The molecule has 0 spiro atoms. The van der Waals surface area contributed by atoms with Crippen LogP contribution in [0.5, 0.6) is 0 Å². The molecule has 0 aromatic rings. The molecular formula is C15H31N3O2. The van der Waals surface area contributed by atoms with Crippen molar-refractivity contribution in [2.45, 2.75) is 64.6 Å². The monoisotopic (exact) mass is 285 g/mol. The highest BCUT2D eigenvalue weighted by Crippen LogP contribution is 2.23. The number of rotatable bonds is 5. The number of nitrogens with zero attached hydrogens (tertiary/aromatic N) is 1. The molecule has 3 N–H and O–H groups in total. The summed E-state index contributed by atoms with van der Waals surface area (Å²) in [5.74, 6) is 0. The fraction of sp³-hybridized carbons (Fsp3) is 0.933. The van der Waals surface area contributed by atoms with Crippen LogP contribution in [0.25, 0.3) is 0 Å². The van der Waals surface area contributed by atoms with E-state index in [1.54, 1.807) is 0 Å². The second-order valence-corrected chi connectivity index (χ2v) is 7.39. The van der Waals surface area contributed by atoms with Gasteiger partial charge in [0.2, 0.25) is 0 Å². The molecule has 2 amide bonds. The molecule has 5 nitrogen and oxygen atoms in total. The summed E-state index contributed by atoms with van der Waals surface area (Å²) in [7, 11) is 4.16. The molecule has 118 valence electrons. The van der Waals surface area contributed by atoms with Crippen LogP contribution in [0.4, 0.5) is 4.79 Å². The third kappa shape index (κ3) is 6.09. The number of carbonyl (C=O) groups excluding carboxylic acids is 1.